The SMILES string of the molecule is CC(C)c1cc(C(=O)NCC2(O)CCC2)c2ccccc2n1. The van der Waals surface area contributed by atoms with Crippen LogP contribution in [-0.2, 0) is 0 Å². The Bertz CT molecular complexity index is 705. The maximum atomic E-state index is 12.6. The number of aromatic nitrogens is 1. The number of pyridine rings is 1. The number of rotatable bonds is 4. The normalized spacial score (nSPS) is 16.5. The van der Waals surface area contributed by atoms with Crippen molar-refractivity contribution in [3.05, 3.63) is 41.6 Å². The van der Waals surface area contributed by atoms with E-state index >= 15 is 0 Å². The quantitative estimate of drug-likeness (QED) is 0.912. The molecular formula is C18H22N2O2. The second kappa shape index (κ2) is 5.69. The highest BCUT2D eigenvalue weighted by Gasteiger charge is 2.34. The summed E-state index contributed by atoms with van der Waals surface area (Å²) in [6.45, 7) is 4.45. The molecule has 2 aromatic rings. The molecule has 1 saturated carbocycles. The molecule has 1 aliphatic rings. The predicted molar refractivity (Wildman–Crippen MR) is 87.0 cm³/mol. The first-order chi connectivity index (χ1) is 10.5. The first kappa shape index (κ1) is 15.0. The van der Waals surface area contributed by atoms with Crippen molar-refractivity contribution < 1.29 is 9.90 Å². The van der Waals surface area contributed by atoms with Gasteiger partial charge in [0.25, 0.3) is 5.91 Å². The lowest BCUT2D eigenvalue weighted by atomic mass is 9.80. The molecule has 1 aliphatic carbocycles. The molecule has 0 aliphatic heterocycles. The molecule has 1 fully saturated rings. The summed E-state index contributed by atoms with van der Waals surface area (Å²) in [6.07, 6.45) is 2.56. The van der Waals surface area contributed by atoms with Crippen LogP contribution in [0.2, 0.25) is 0 Å². The number of nitrogens with one attached hydrogen (secondary N) is 1. The van der Waals surface area contributed by atoms with Gasteiger partial charge in [0, 0.05) is 17.6 Å². The van der Waals surface area contributed by atoms with E-state index in [4.69, 9.17) is 0 Å². The molecule has 0 radical (unpaired) electrons. The fraction of sp³-hybridized carbons (Fsp3) is 0.444. The second-order valence-corrected chi connectivity index (χ2v) is 6.53. The van der Waals surface area contributed by atoms with Crippen LogP contribution >= 0.6 is 0 Å². The van der Waals surface area contributed by atoms with Gasteiger partial charge < -0.3 is 10.4 Å². The number of hydrogen-bond acceptors (Lipinski definition) is 3. The lowest BCUT2D eigenvalue weighted by Crippen LogP contribution is -2.47. The van der Waals surface area contributed by atoms with E-state index in [1.54, 1.807) is 0 Å². The van der Waals surface area contributed by atoms with E-state index in [0.717, 1.165) is 35.9 Å². The number of carbonyl (C=O) groups is 1. The van der Waals surface area contributed by atoms with Crippen molar-refractivity contribution in [3.63, 3.8) is 0 Å². The Morgan fingerprint density at radius 1 is 1.36 bits per heavy atom. The van der Waals surface area contributed by atoms with Gasteiger partial charge in [0.1, 0.15) is 0 Å². The molecule has 3 rings (SSSR count). The van der Waals surface area contributed by atoms with Gasteiger partial charge in [0.05, 0.1) is 16.7 Å². The number of amides is 1. The molecule has 2 N–H and O–H groups in total. The molecule has 1 aromatic heterocycles. The van der Waals surface area contributed by atoms with Crippen molar-refractivity contribution in [3.8, 4) is 0 Å². The molecule has 0 unspecified atom stereocenters. The van der Waals surface area contributed by atoms with Crippen LogP contribution in [0, 0.1) is 0 Å². The van der Waals surface area contributed by atoms with Gasteiger partial charge in [0.2, 0.25) is 0 Å². The molecule has 116 valence electrons. The number of aliphatic hydroxyl groups is 1. The average Bonchev–Trinajstić information content (AvgIpc) is 2.49. The highest BCUT2D eigenvalue weighted by molar-refractivity contribution is 6.06. The van der Waals surface area contributed by atoms with E-state index in [0.29, 0.717) is 12.1 Å². The van der Waals surface area contributed by atoms with Gasteiger partial charge in [-0.05, 0) is 37.3 Å². The van der Waals surface area contributed by atoms with Crippen LogP contribution in [0.15, 0.2) is 30.3 Å². The third-order valence-corrected chi connectivity index (χ3v) is 4.43. The van der Waals surface area contributed by atoms with Crippen molar-refractivity contribution >= 4 is 16.8 Å². The van der Waals surface area contributed by atoms with Crippen LogP contribution in [0.4, 0.5) is 0 Å². The number of carbonyl (C=O) groups excluding carboxylic acids is 1. The minimum Gasteiger partial charge on any atom is -0.388 e. The monoisotopic (exact) mass is 298 g/mol. The van der Waals surface area contributed by atoms with Crippen LogP contribution in [0.3, 0.4) is 0 Å². The smallest absolute Gasteiger partial charge is 0.252 e. The Morgan fingerprint density at radius 2 is 2.09 bits per heavy atom. The summed E-state index contributed by atoms with van der Waals surface area (Å²) < 4.78 is 0. The number of para-hydroxylation sites is 1. The lowest BCUT2D eigenvalue weighted by molar-refractivity contribution is -0.0300. The molecule has 0 bridgehead atoms. The van der Waals surface area contributed by atoms with Crippen LogP contribution < -0.4 is 5.32 Å². The van der Waals surface area contributed by atoms with Gasteiger partial charge in [0.15, 0.2) is 0 Å². The average molecular weight is 298 g/mol. The topological polar surface area (TPSA) is 62.2 Å². The van der Waals surface area contributed by atoms with Gasteiger partial charge in [-0.25, -0.2) is 0 Å². The molecule has 22 heavy (non-hydrogen) atoms. The zero-order valence-corrected chi connectivity index (χ0v) is 13.1. The van der Waals surface area contributed by atoms with Gasteiger partial charge >= 0.3 is 0 Å². The number of hydrogen-bond donors (Lipinski definition) is 2. The zero-order chi connectivity index (χ0) is 15.7. The largest absolute Gasteiger partial charge is 0.388 e. The maximum absolute atomic E-state index is 12.6. The van der Waals surface area contributed by atoms with Crippen molar-refractivity contribution in [2.45, 2.75) is 44.6 Å². The lowest BCUT2D eigenvalue weighted by Gasteiger charge is -2.36. The van der Waals surface area contributed by atoms with E-state index in [-0.39, 0.29) is 11.8 Å². The van der Waals surface area contributed by atoms with E-state index in [2.05, 4.69) is 24.1 Å². The second-order valence-electron chi connectivity index (χ2n) is 6.53. The van der Waals surface area contributed by atoms with Crippen molar-refractivity contribution in [1.82, 2.24) is 10.3 Å². The molecule has 1 amide bonds. The third kappa shape index (κ3) is 2.83. The van der Waals surface area contributed by atoms with Crippen LogP contribution in [0.25, 0.3) is 10.9 Å². The standard InChI is InChI=1S/C18H22N2O2/c1-12(2)16-10-14(13-6-3-4-7-15(13)20-16)17(21)19-11-18(22)8-5-9-18/h3-4,6-7,10,12,22H,5,8-9,11H2,1-2H3,(H,19,21). The van der Waals surface area contributed by atoms with Gasteiger partial charge in [-0.2, -0.15) is 0 Å². The first-order valence-electron chi connectivity index (χ1n) is 7.89. The van der Waals surface area contributed by atoms with Crippen molar-refractivity contribution in [2.24, 2.45) is 0 Å². The van der Waals surface area contributed by atoms with E-state index in [1.165, 1.54) is 0 Å². The molecule has 0 saturated heterocycles. The Morgan fingerprint density at radius 3 is 2.73 bits per heavy atom. The van der Waals surface area contributed by atoms with E-state index in [9.17, 15) is 9.90 Å². The van der Waals surface area contributed by atoms with Gasteiger partial charge in [-0.1, -0.05) is 32.0 Å². The first-order valence-corrected chi connectivity index (χ1v) is 7.89. The minimum atomic E-state index is -0.709. The summed E-state index contributed by atoms with van der Waals surface area (Å²) >= 11 is 0. The molecule has 0 atom stereocenters. The number of nitrogens with zero attached hydrogens (tertiary/aromatic N) is 1. The van der Waals surface area contributed by atoms with Crippen LogP contribution in [0.5, 0.6) is 0 Å². The van der Waals surface area contributed by atoms with Crippen LogP contribution in [0.1, 0.15) is 55.1 Å². The Balaban J connectivity index is 1.92. The van der Waals surface area contributed by atoms with Crippen LogP contribution in [-0.4, -0.2) is 28.1 Å². The summed E-state index contributed by atoms with van der Waals surface area (Å²) in [7, 11) is 0. The number of benzene rings is 1. The molecule has 1 heterocycles. The van der Waals surface area contributed by atoms with Crippen molar-refractivity contribution in [1.29, 1.82) is 0 Å². The summed E-state index contributed by atoms with van der Waals surface area (Å²) in [5.41, 5.74) is 1.67. The zero-order valence-electron chi connectivity index (χ0n) is 13.1. The minimum absolute atomic E-state index is 0.138. The summed E-state index contributed by atoms with van der Waals surface area (Å²) in [5, 5.41) is 13.9. The fourth-order valence-electron chi connectivity index (χ4n) is 2.78. The Kier molecular flexibility index (Phi) is 3.87. The highest BCUT2D eigenvalue weighted by atomic mass is 16.3. The maximum Gasteiger partial charge on any atom is 0.252 e. The summed E-state index contributed by atoms with van der Waals surface area (Å²) in [6, 6.07) is 9.55. The Hall–Kier alpha value is -1.94. The Labute approximate surface area is 130 Å². The predicted octanol–water partition coefficient (Wildman–Crippen LogP) is 3.00. The van der Waals surface area contributed by atoms with E-state index < -0.39 is 5.60 Å². The molecule has 1 aromatic carbocycles. The summed E-state index contributed by atoms with van der Waals surface area (Å²) in [5.74, 6) is 0.118. The highest BCUT2D eigenvalue weighted by Crippen LogP contribution is 2.31. The van der Waals surface area contributed by atoms with E-state index in [1.807, 2.05) is 30.3 Å². The molecular weight excluding hydrogens is 276 g/mol. The van der Waals surface area contributed by atoms with Gasteiger partial charge in [-0.15, -0.1) is 0 Å². The molecule has 4 nitrogen and oxygen atoms in total. The van der Waals surface area contributed by atoms with Gasteiger partial charge in [-0.3, -0.25) is 9.78 Å². The summed E-state index contributed by atoms with van der Waals surface area (Å²) in [4.78, 5) is 17.2. The fourth-order valence-corrected chi connectivity index (χ4v) is 2.78. The molecule has 4 heteroatoms. The molecule has 0 spiro atoms. The van der Waals surface area contributed by atoms with Crippen molar-refractivity contribution in [2.75, 3.05) is 6.54 Å². The number of fused-ring (bicyclic) bond motifs is 1. The third-order valence-electron chi connectivity index (χ3n) is 4.43.